The molecule has 0 radical (unpaired) electrons. The Kier molecular flexibility index (Phi) is 7.60. The summed E-state index contributed by atoms with van der Waals surface area (Å²) in [7, 11) is 1.54. The molecular formula is C19H32N4O6. The molecule has 4 atom stereocenters. The number of nitrogens with two attached hydrogens (primary N) is 1. The number of hydrogen-bond acceptors (Lipinski definition) is 10. The maximum absolute atomic E-state index is 6.18. The Labute approximate surface area is 171 Å². The van der Waals surface area contributed by atoms with Crippen LogP contribution in [0.2, 0.25) is 0 Å². The van der Waals surface area contributed by atoms with E-state index in [0.717, 1.165) is 5.69 Å². The van der Waals surface area contributed by atoms with Crippen LogP contribution in [-0.4, -0.2) is 86.8 Å². The van der Waals surface area contributed by atoms with Crippen LogP contribution < -0.4 is 15.8 Å². The van der Waals surface area contributed by atoms with Crippen molar-refractivity contribution in [1.29, 1.82) is 0 Å². The Hall–Kier alpha value is -1.56. The number of nitrogens with one attached hydrogen (secondary N) is 1. The smallest absolute Gasteiger partial charge is 0.318 e. The first-order chi connectivity index (χ1) is 13.9. The zero-order valence-corrected chi connectivity index (χ0v) is 17.6. The molecule has 0 spiro atoms. The number of nitrogens with zero attached hydrogens (tertiary/aromatic N) is 2. The second-order valence-corrected chi connectivity index (χ2v) is 7.54. The van der Waals surface area contributed by atoms with Crippen LogP contribution in [0.5, 0.6) is 6.01 Å². The Morgan fingerprint density at radius 3 is 2.69 bits per heavy atom. The first-order valence-corrected chi connectivity index (χ1v) is 9.91. The van der Waals surface area contributed by atoms with Gasteiger partial charge in [-0.3, -0.25) is 0 Å². The van der Waals surface area contributed by atoms with Crippen LogP contribution in [0.3, 0.4) is 0 Å². The Morgan fingerprint density at radius 1 is 1.17 bits per heavy atom. The summed E-state index contributed by atoms with van der Waals surface area (Å²) >= 11 is 0. The minimum atomic E-state index is -0.704. The molecule has 10 nitrogen and oxygen atoms in total. The number of methoxy groups -OCH3 is 1. The van der Waals surface area contributed by atoms with Gasteiger partial charge < -0.3 is 39.5 Å². The van der Waals surface area contributed by atoms with E-state index in [2.05, 4.69) is 15.3 Å². The fourth-order valence-electron chi connectivity index (χ4n) is 3.50. The van der Waals surface area contributed by atoms with Crippen molar-refractivity contribution in [2.45, 2.75) is 50.9 Å². The molecule has 0 aliphatic carbocycles. The van der Waals surface area contributed by atoms with Gasteiger partial charge in [0.25, 0.3) is 0 Å². The summed E-state index contributed by atoms with van der Waals surface area (Å²) in [6, 6.07) is 2.03. The normalized spacial score (nSPS) is 28.2. The Bertz CT molecular complexity index is 662. The van der Waals surface area contributed by atoms with Crippen LogP contribution in [0.4, 0.5) is 5.82 Å². The van der Waals surface area contributed by atoms with Crippen molar-refractivity contribution >= 4 is 5.82 Å². The molecule has 1 aromatic heterocycles. The van der Waals surface area contributed by atoms with Crippen molar-refractivity contribution in [3.05, 3.63) is 11.8 Å². The number of anilines is 1. The van der Waals surface area contributed by atoms with E-state index in [1.54, 1.807) is 7.11 Å². The second kappa shape index (κ2) is 9.96. The van der Waals surface area contributed by atoms with Crippen molar-refractivity contribution in [3.63, 3.8) is 0 Å². The highest BCUT2D eigenvalue weighted by Crippen LogP contribution is 2.36. The Morgan fingerprint density at radius 2 is 1.93 bits per heavy atom. The minimum Gasteiger partial charge on any atom is -0.467 e. The lowest BCUT2D eigenvalue weighted by Gasteiger charge is -2.37. The summed E-state index contributed by atoms with van der Waals surface area (Å²) in [6.07, 6.45) is -0.691. The predicted molar refractivity (Wildman–Crippen MR) is 105 cm³/mol. The van der Waals surface area contributed by atoms with Crippen molar-refractivity contribution < 1.29 is 28.4 Å². The van der Waals surface area contributed by atoms with Gasteiger partial charge in [-0.2, -0.15) is 4.98 Å². The topological polar surface area (TPSA) is 119 Å². The van der Waals surface area contributed by atoms with Crippen LogP contribution in [0.25, 0.3) is 0 Å². The summed E-state index contributed by atoms with van der Waals surface area (Å²) in [6.45, 7) is 8.53. The SMILES string of the molecule is COc1nc(C)cc(N[C@@H]2CO[C@H](COCCOCCN)[C@@H]3OC(C)(C)O[C@@H]32)n1. The number of rotatable bonds is 10. The van der Waals surface area contributed by atoms with Gasteiger partial charge in [0.05, 0.1) is 46.2 Å². The fraction of sp³-hybridized carbons (Fsp3) is 0.789. The molecule has 0 amide bonds. The van der Waals surface area contributed by atoms with Crippen LogP contribution in [-0.2, 0) is 23.7 Å². The lowest BCUT2D eigenvalue weighted by molar-refractivity contribution is -0.160. The van der Waals surface area contributed by atoms with Gasteiger partial charge in [-0.05, 0) is 20.8 Å². The van der Waals surface area contributed by atoms with E-state index in [0.29, 0.717) is 51.4 Å². The van der Waals surface area contributed by atoms with E-state index < -0.39 is 5.79 Å². The van der Waals surface area contributed by atoms with E-state index in [-0.39, 0.29) is 24.4 Å². The van der Waals surface area contributed by atoms with Crippen molar-refractivity contribution in [2.24, 2.45) is 5.73 Å². The fourth-order valence-corrected chi connectivity index (χ4v) is 3.50. The van der Waals surface area contributed by atoms with E-state index in [9.17, 15) is 0 Å². The third-order valence-electron chi connectivity index (χ3n) is 4.68. The Balaban J connectivity index is 1.60. The quantitative estimate of drug-likeness (QED) is 0.525. The molecule has 29 heavy (non-hydrogen) atoms. The van der Waals surface area contributed by atoms with Crippen LogP contribution in [0.1, 0.15) is 19.5 Å². The average molecular weight is 412 g/mol. The third kappa shape index (κ3) is 5.97. The molecule has 3 heterocycles. The number of aryl methyl sites for hydroxylation is 1. The first-order valence-electron chi connectivity index (χ1n) is 9.91. The molecule has 2 saturated heterocycles. The van der Waals surface area contributed by atoms with Gasteiger partial charge >= 0.3 is 6.01 Å². The van der Waals surface area contributed by atoms with Crippen LogP contribution in [0.15, 0.2) is 6.07 Å². The van der Waals surface area contributed by atoms with Gasteiger partial charge in [0.1, 0.15) is 24.1 Å². The number of ether oxygens (including phenoxy) is 6. The summed E-state index contributed by atoms with van der Waals surface area (Å²) in [4.78, 5) is 8.57. The lowest BCUT2D eigenvalue weighted by Crippen LogP contribution is -2.55. The second-order valence-electron chi connectivity index (χ2n) is 7.54. The summed E-state index contributed by atoms with van der Waals surface area (Å²) in [5, 5.41) is 3.38. The van der Waals surface area contributed by atoms with Crippen LogP contribution in [0, 0.1) is 6.92 Å². The molecule has 2 aliphatic rings. The van der Waals surface area contributed by atoms with Gasteiger partial charge in [0.2, 0.25) is 0 Å². The van der Waals surface area contributed by atoms with Crippen molar-refractivity contribution in [3.8, 4) is 6.01 Å². The van der Waals surface area contributed by atoms with E-state index in [1.165, 1.54) is 0 Å². The molecule has 1 aromatic rings. The lowest BCUT2D eigenvalue weighted by atomic mass is 9.98. The van der Waals surface area contributed by atoms with Gasteiger partial charge in [0.15, 0.2) is 5.79 Å². The largest absolute Gasteiger partial charge is 0.467 e. The van der Waals surface area contributed by atoms with E-state index >= 15 is 0 Å². The van der Waals surface area contributed by atoms with Gasteiger partial charge in [-0.1, -0.05) is 0 Å². The van der Waals surface area contributed by atoms with Crippen LogP contribution >= 0.6 is 0 Å². The van der Waals surface area contributed by atoms with E-state index in [1.807, 2.05) is 26.8 Å². The molecule has 10 heteroatoms. The zero-order valence-electron chi connectivity index (χ0n) is 17.6. The summed E-state index contributed by atoms with van der Waals surface area (Å²) in [5.74, 6) is -0.0492. The number of hydrogen-bond donors (Lipinski definition) is 2. The molecule has 0 bridgehead atoms. The number of fused-ring (bicyclic) bond motifs is 1. The maximum atomic E-state index is 6.18. The predicted octanol–water partition coefficient (Wildman–Crippen LogP) is 0.485. The molecular weight excluding hydrogens is 380 g/mol. The van der Waals surface area contributed by atoms with Gasteiger partial charge in [-0.15, -0.1) is 0 Å². The molecule has 0 unspecified atom stereocenters. The molecule has 0 aromatic carbocycles. The highest BCUT2D eigenvalue weighted by Gasteiger charge is 2.52. The highest BCUT2D eigenvalue weighted by atomic mass is 16.8. The zero-order chi connectivity index (χ0) is 20.9. The molecule has 164 valence electrons. The minimum absolute atomic E-state index is 0.134. The third-order valence-corrected chi connectivity index (χ3v) is 4.68. The van der Waals surface area contributed by atoms with Gasteiger partial charge in [0, 0.05) is 18.3 Å². The van der Waals surface area contributed by atoms with Crippen molar-refractivity contribution in [1.82, 2.24) is 9.97 Å². The summed E-state index contributed by atoms with van der Waals surface area (Å²) < 4.78 is 34.6. The maximum Gasteiger partial charge on any atom is 0.318 e. The standard InChI is InChI=1S/C19H32N4O6/c1-12-9-15(23-18(21-12)24-4)22-13-10-27-14(11-26-8-7-25-6-5-20)17-16(13)28-19(2,3)29-17/h9,13-14,16-17H,5-8,10-11,20H2,1-4H3,(H,21,22,23)/t13-,14-,16-,17+/m1/s1. The van der Waals surface area contributed by atoms with E-state index in [4.69, 9.17) is 34.2 Å². The van der Waals surface area contributed by atoms with Crippen molar-refractivity contribution in [2.75, 3.05) is 52.0 Å². The number of aromatic nitrogens is 2. The molecule has 2 aliphatic heterocycles. The summed E-state index contributed by atoms with van der Waals surface area (Å²) in [5.41, 5.74) is 6.20. The molecule has 0 saturated carbocycles. The average Bonchev–Trinajstić information content (AvgIpc) is 3.01. The highest BCUT2D eigenvalue weighted by molar-refractivity contribution is 5.39. The molecule has 2 fully saturated rings. The molecule has 3 N–H and O–H groups in total. The monoisotopic (exact) mass is 412 g/mol. The first kappa shape index (κ1) is 22.1. The molecule has 3 rings (SSSR count). The van der Waals surface area contributed by atoms with Gasteiger partial charge in [-0.25, -0.2) is 4.98 Å².